The molecular weight excluding hydrogens is 130 g/mol. The molecule has 0 bridgehead atoms. The third-order valence-corrected chi connectivity index (χ3v) is 2.03. The number of carbonyl (C=O) groups excluding carboxylic acids is 1. The predicted molar refractivity (Wildman–Crippen MR) is 37.7 cm³/mol. The van der Waals surface area contributed by atoms with E-state index in [1.807, 2.05) is 7.05 Å². The first kappa shape index (κ1) is 7.69. The van der Waals surface area contributed by atoms with Crippen molar-refractivity contribution in [3.8, 4) is 0 Å². The average Bonchev–Trinajstić information content (AvgIpc) is 1.84. The molecule has 0 saturated heterocycles. The molecular formula is C7H13NO2. The molecule has 0 unspecified atom stereocenters. The summed E-state index contributed by atoms with van der Waals surface area (Å²) in [6.07, 6.45) is 1.09. The molecule has 3 heteroatoms. The molecule has 1 aliphatic carbocycles. The van der Waals surface area contributed by atoms with E-state index >= 15 is 0 Å². The van der Waals surface area contributed by atoms with Crippen molar-refractivity contribution in [1.82, 2.24) is 5.32 Å². The lowest BCUT2D eigenvalue weighted by Crippen LogP contribution is -2.47. The minimum Gasteiger partial charge on any atom is -0.396 e. The fraction of sp³-hybridized carbons (Fsp3) is 0.857. The summed E-state index contributed by atoms with van der Waals surface area (Å²) in [6.45, 7) is 0.870. The molecule has 3 nitrogen and oxygen atoms in total. The van der Waals surface area contributed by atoms with Crippen LogP contribution >= 0.6 is 0 Å². The van der Waals surface area contributed by atoms with Crippen LogP contribution in [0.5, 0.6) is 0 Å². The lowest BCUT2D eigenvalue weighted by Gasteiger charge is -2.38. The Labute approximate surface area is 60.4 Å². The number of Topliss-reactive ketones (excluding diaryl/α,β-unsaturated/α-hetero) is 1. The monoisotopic (exact) mass is 143 g/mol. The smallest absolute Gasteiger partial charge is 0.134 e. The third-order valence-electron chi connectivity index (χ3n) is 2.03. The number of ketones is 1. The normalized spacial score (nSPS) is 22.4. The number of nitrogens with one attached hydrogen (secondary N) is 1. The summed E-state index contributed by atoms with van der Waals surface area (Å²) in [4.78, 5) is 10.6. The highest BCUT2D eigenvalue weighted by Crippen LogP contribution is 2.36. The van der Waals surface area contributed by atoms with E-state index < -0.39 is 0 Å². The van der Waals surface area contributed by atoms with Gasteiger partial charge in [0.15, 0.2) is 0 Å². The van der Waals surface area contributed by atoms with Crippen LogP contribution in [-0.2, 0) is 4.79 Å². The average molecular weight is 143 g/mol. The summed E-state index contributed by atoms with van der Waals surface area (Å²) >= 11 is 0. The molecule has 1 aliphatic rings. The highest BCUT2D eigenvalue weighted by molar-refractivity contribution is 5.86. The topological polar surface area (TPSA) is 49.3 Å². The van der Waals surface area contributed by atoms with Gasteiger partial charge in [-0.15, -0.1) is 0 Å². The summed E-state index contributed by atoms with van der Waals surface area (Å²) in [5.41, 5.74) is -0.119. The predicted octanol–water partition coefficient (Wildman–Crippen LogP) is -0.453. The summed E-state index contributed by atoms with van der Waals surface area (Å²) < 4.78 is 0. The van der Waals surface area contributed by atoms with Gasteiger partial charge in [-0.25, -0.2) is 0 Å². The molecule has 0 spiro atoms. The first-order valence-electron chi connectivity index (χ1n) is 3.50. The van der Waals surface area contributed by atoms with Crippen molar-refractivity contribution in [2.45, 2.75) is 12.8 Å². The van der Waals surface area contributed by atoms with Gasteiger partial charge in [-0.05, 0) is 7.05 Å². The van der Waals surface area contributed by atoms with Crippen LogP contribution in [0.1, 0.15) is 12.8 Å². The molecule has 0 heterocycles. The maximum absolute atomic E-state index is 10.6. The summed E-state index contributed by atoms with van der Waals surface area (Å²) in [6, 6.07) is 0. The Balaban J connectivity index is 2.39. The fourth-order valence-corrected chi connectivity index (χ4v) is 1.45. The maximum atomic E-state index is 10.6. The van der Waals surface area contributed by atoms with Crippen LogP contribution < -0.4 is 5.32 Å². The number of hydrogen-bond donors (Lipinski definition) is 2. The Morgan fingerprint density at radius 2 is 2.30 bits per heavy atom. The lowest BCUT2D eigenvalue weighted by molar-refractivity contribution is -0.135. The van der Waals surface area contributed by atoms with Gasteiger partial charge in [-0.2, -0.15) is 0 Å². The third kappa shape index (κ3) is 1.20. The molecule has 0 aliphatic heterocycles. The van der Waals surface area contributed by atoms with Crippen LogP contribution in [-0.4, -0.2) is 31.1 Å². The van der Waals surface area contributed by atoms with Crippen LogP contribution in [0.2, 0.25) is 0 Å². The zero-order valence-electron chi connectivity index (χ0n) is 6.18. The Morgan fingerprint density at radius 1 is 1.70 bits per heavy atom. The standard InChI is InChI=1S/C7H13NO2/c1-8-4-7(5-9)2-6(10)3-7/h8-9H,2-5H2,1H3. The van der Waals surface area contributed by atoms with Crippen molar-refractivity contribution in [2.75, 3.05) is 20.2 Å². The van der Waals surface area contributed by atoms with Gasteiger partial charge in [0.1, 0.15) is 5.78 Å². The second kappa shape index (κ2) is 2.68. The molecule has 0 aromatic rings. The molecule has 10 heavy (non-hydrogen) atoms. The molecule has 0 radical (unpaired) electrons. The highest BCUT2D eigenvalue weighted by Gasteiger charge is 2.42. The fourth-order valence-electron chi connectivity index (χ4n) is 1.45. The van der Waals surface area contributed by atoms with E-state index in [1.54, 1.807) is 0 Å². The highest BCUT2D eigenvalue weighted by atomic mass is 16.3. The van der Waals surface area contributed by atoms with Gasteiger partial charge in [-0.1, -0.05) is 0 Å². The first-order valence-corrected chi connectivity index (χ1v) is 3.50. The zero-order valence-corrected chi connectivity index (χ0v) is 6.18. The number of aliphatic hydroxyl groups excluding tert-OH is 1. The van der Waals surface area contributed by atoms with Crippen LogP contribution in [0, 0.1) is 5.41 Å². The van der Waals surface area contributed by atoms with E-state index in [9.17, 15) is 4.79 Å². The van der Waals surface area contributed by atoms with E-state index in [4.69, 9.17) is 5.11 Å². The molecule has 58 valence electrons. The van der Waals surface area contributed by atoms with E-state index in [1.165, 1.54) is 0 Å². The second-order valence-electron chi connectivity index (χ2n) is 3.08. The Kier molecular flexibility index (Phi) is 2.06. The van der Waals surface area contributed by atoms with Crippen molar-refractivity contribution in [3.05, 3.63) is 0 Å². The lowest BCUT2D eigenvalue weighted by atomic mass is 9.68. The van der Waals surface area contributed by atoms with Gasteiger partial charge in [0, 0.05) is 24.8 Å². The Morgan fingerprint density at radius 3 is 2.60 bits per heavy atom. The minimum atomic E-state index is -0.119. The van der Waals surface area contributed by atoms with Crippen LogP contribution in [0.15, 0.2) is 0 Å². The van der Waals surface area contributed by atoms with E-state index in [0.717, 1.165) is 6.54 Å². The van der Waals surface area contributed by atoms with Crippen LogP contribution in [0.4, 0.5) is 0 Å². The number of hydrogen-bond acceptors (Lipinski definition) is 3. The van der Waals surface area contributed by atoms with E-state index in [-0.39, 0.29) is 17.8 Å². The molecule has 2 N–H and O–H groups in total. The largest absolute Gasteiger partial charge is 0.396 e. The Hall–Kier alpha value is -0.410. The van der Waals surface area contributed by atoms with E-state index in [0.29, 0.717) is 12.8 Å². The molecule has 0 atom stereocenters. The zero-order chi connectivity index (χ0) is 7.61. The van der Waals surface area contributed by atoms with Gasteiger partial charge in [-0.3, -0.25) is 4.79 Å². The maximum Gasteiger partial charge on any atom is 0.134 e. The van der Waals surface area contributed by atoms with Gasteiger partial charge in [0.2, 0.25) is 0 Å². The van der Waals surface area contributed by atoms with E-state index in [2.05, 4.69) is 5.32 Å². The molecule has 0 aromatic heterocycles. The van der Waals surface area contributed by atoms with Gasteiger partial charge < -0.3 is 10.4 Å². The summed E-state index contributed by atoms with van der Waals surface area (Å²) in [5, 5.41) is 11.9. The van der Waals surface area contributed by atoms with Crippen molar-refractivity contribution >= 4 is 5.78 Å². The quantitative estimate of drug-likeness (QED) is 0.562. The van der Waals surface area contributed by atoms with Gasteiger partial charge in [0.25, 0.3) is 0 Å². The molecule has 0 amide bonds. The molecule has 0 aromatic carbocycles. The van der Waals surface area contributed by atoms with Crippen molar-refractivity contribution in [2.24, 2.45) is 5.41 Å². The minimum absolute atomic E-state index is 0.119. The van der Waals surface area contributed by atoms with Crippen LogP contribution in [0.3, 0.4) is 0 Å². The van der Waals surface area contributed by atoms with Crippen molar-refractivity contribution < 1.29 is 9.90 Å². The molecule has 1 fully saturated rings. The molecule has 1 saturated carbocycles. The Bertz CT molecular complexity index is 137. The second-order valence-corrected chi connectivity index (χ2v) is 3.08. The SMILES string of the molecule is CNCC1(CO)CC(=O)C1. The molecule has 1 rings (SSSR count). The van der Waals surface area contributed by atoms with Crippen molar-refractivity contribution in [1.29, 1.82) is 0 Å². The summed E-state index contributed by atoms with van der Waals surface area (Å²) in [7, 11) is 1.83. The first-order chi connectivity index (χ1) is 4.72. The van der Waals surface area contributed by atoms with Gasteiger partial charge >= 0.3 is 0 Å². The van der Waals surface area contributed by atoms with Gasteiger partial charge in [0.05, 0.1) is 6.61 Å². The number of rotatable bonds is 3. The number of carbonyl (C=O) groups is 1. The number of aliphatic hydroxyl groups is 1. The van der Waals surface area contributed by atoms with Crippen LogP contribution in [0.25, 0.3) is 0 Å². The summed E-state index contributed by atoms with van der Waals surface area (Å²) in [5.74, 6) is 0.268. The van der Waals surface area contributed by atoms with Crippen molar-refractivity contribution in [3.63, 3.8) is 0 Å².